The van der Waals surface area contributed by atoms with E-state index in [-0.39, 0.29) is 36.2 Å². The summed E-state index contributed by atoms with van der Waals surface area (Å²) >= 11 is 6.26. The Bertz CT molecular complexity index is 1250. The van der Waals surface area contributed by atoms with Crippen LogP contribution in [0.25, 0.3) is 0 Å². The van der Waals surface area contributed by atoms with E-state index in [1.54, 1.807) is 54.3 Å². The average Bonchev–Trinajstić information content (AvgIpc) is 2.89. The molecule has 0 bridgehead atoms. The third-order valence-corrected chi connectivity index (χ3v) is 7.25. The summed E-state index contributed by atoms with van der Waals surface area (Å²) in [6.45, 7) is 7.66. The van der Waals surface area contributed by atoms with Gasteiger partial charge in [0.05, 0.1) is 28.8 Å². The number of rotatable bonds is 7. The molecule has 0 saturated carbocycles. The lowest BCUT2D eigenvalue weighted by Crippen LogP contribution is -2.56. The van der Waals surface area contributed by atoms with Gasteiger partial charge < -0.3 is 15.0 Å². The van der Waals surface area contributed by atoms with Crippen LogP contribution in [0.1, 0.15) is 42.7 Å². The van der Waals surface area contributed by atoms with Gasteiger partial charge in [0, 0.05) is 50.0 Å². The summed E-state index contributed by atoms with van der Waals surface area (Å²) in [4.78, 5) is 44.9. The van der Waals surface area contributed by atoms with Crippen LogP contribution in [0.15, 0.2) is 59.8 Å². The van der Waals surface area contributed by atoms with Gasteiger partial charge in [-0.05, 0) is 39.0 Å². The highest BCUT2D eigenvalue weighted by Crippen LogP contribution is 2.33. The maximum atomic E-state index is 14.8. The van der Waals surface area contributed by atoms with Gasteiger partial charge >= 0.3 is 12.0 Å². The van der Waals surface area contributed by atoms with Crippen molar-refractivity contribution >= 4 is 29.5 Å². The van der Waals surface area contributed by atoms with E-state index >= 15 is 0 Å². The van der Waals surface area contributed by atoms with E-state index in [9.17, 15) is 18.8 Å². The Morgan fingerprint density at radius 1 is 1.11 bits per heavy atom. The van der Waals surface area contributed by atoms with Crippen molar-refractivity contribution in [1.82, 2.24) is 20.0 Å². The molecule has 3 amide bonds. The quantitative estimate of drug-likeness (QED) is 0.530. The Kier molecular flexibility index (Phi) is 8.69. The number of carbonyl (C=O) groups is 3. The van der Waals surface area contributed by atoms with Gasteiger partial charge in [0.15, 0.2) is 0 Å². The molecule has 2 aromatic carbocycles. The number of benzene rings is 2. The minimum absolute atomic E-state index is 0.138. The van der Waals surface area contributed by atoms with E-state index in [0.29, 0.717) is 42.5 Å². The van der Waals surface area contributed by atoms with E-state index < -0.39 is 23.9 Å². The summed E-state index contributed by atoms with van der Waals surface area (Å²) in [5, 5.41) is 3.19. The molecule has 10 heteroatoms. The topological polar surface area (TPSA) is 82.2 Å². The Hall–Kier alpha value is -3.43. The normalized spacial score (nSPS) is 20.4. The van der Waals surface area contributed by atoms with Crippen molar-refractivity contribution in [2.45, 2.75) is 32.9 Å². The standard InChI is InChI=1S/C28H32ClFN4O4/c1-4-33-23(17-32-14-15-34(18(3)16-32)26(35)19-10-6-8-12-21(19)29)24(27(36)38-5-2)25(31-28(33)37)20-11-7-9-13-22(20)30/h6-13,18,25H,4-5,14-17H2,1-3H3,(H,31,37)/t18-,25-/m0/s1. The van der Waals surface area contributed by atoms with Crippen LogP contribution in [0.2, 0.25) is 5.02 Å². The lowest BCUT2D eigenvalue weighted by molar-refractivity contribution is -0.139. The molecule has 0 aliphatic carbocycles. The van der Waals surface area contributed by atoms with E-state index in [2.05, 4.69) is 10.2 Å². The zero-order valence-corrected chi connectivity index (χ0v) is 22.5. The first-order valence-electron chi connectivity index (χ1n) is 12.8. The average molecular weight is 543 g/mol. The highest BCUT2D eigenvalue weighted by atomic mass is 35.5. The van der Waals surface area contributed by atoms with Crippen LogP contribution in [0, 0.1) is 5.82 Å². The number of ether oxygens (including phenoxy) is 1. The zero-order valence-electron chi connectivity index (χ0n) is 21.7. The largest absolute Gasteiger partial charge is 0.463 e. The molecule has 0 aromatic heterocycles. The maximum Gasteiger partial charge on any atom is 0.338 e. The Balaban J connectivity index is 1.64. The molecule has 1 N–H and O–H groups in total. The van der Waals surface area contributed by atoms with Crippen molar-refractivity contribution in [1.29, 1.82) is 0 Å². The summed E-state index contributed by atoms with van der Waals surface area (Å²) in [6.07, 6.45) is 0. The lowest BCUT2D eigenvalue weighted by atomic mass is 9.93. The number of nitrogens with one attached hydrogen (secondary N) is 1. The molecule has 0 unspecified atom stereocenters. The van der Waals surface area contributed by atoms with E-state index in [1.807, 2.05) is 13.8 Å². The van der Waals surface area contributed by atoms with Gasteiger partial charge in [-0.3, -0.25) is 14.6 Å². The molecule has 2 aliphatic heterocycles. The molecule has 4 rings (SSSR count). The first-order chi connectivity index (χ1) is 18.3. The number of carbonyl (C=O) groups excluding carboxylic acids is 3. The second kappa shape index (κ2) is 12.0. The predicted octanol–water partition coefficient (Wildman–Crippen LogP) is 4.23. The minimum Gasteiger partial charge on any atom is -0.463 e. The third-order valence-electron chi connectivity index (χ3n) is 6.92. The number of urea groups is 1. The van der Waals surface area contributed by atoms with Crippen molar-refractivity contribution in [3.63, 3.8) is 0 Å². The van der Waals surface area contributed by atoms with Crippen LogP contribution < -0.4 is 5.32 Å². The first kappa shape index (κ1) is 27.6. The van der Waals surface area contributed by atoms with Crippen LogP contribution in [-0.4, -0.2) is 78.0 Å². The smallest absolute Gasteiger partial charge is 0.338 e. The van der Waals surface area contributed by atoms with Crippen molar-refractivity contribution in [3.05, 3.63) is 81.8 Å². The second-order valence-electron chi connectivity index (χ2n) is 9.29. The summed E-state index contributed by atoms with van der Waals surface area (Å²) < 4.78 is 20.2. The van der Waals surface area contributed by atoms with Crippen LogP contribution in [-0.2, 0) is 9.53 Å². The molecule has 2 aromatic rings. The van der Waals surface area contributed by atoms with Crippen molar-refractivity contribution in [2.75, 3.05) is 39.3 Å². The van der Waals surface area contributed by atoms with Crippen LogP contribution in [0.3, 0.4) is 0 Å². The van der Waals surface area contributed by atoms with Crippen LogP contribution in [0.5, 0.6) is 0 Å². The monoisotopic (exact) mass is 542 g/mol. The number of hydrogen-bond donors (Lipinski definition) is 1. The minimum atomic E-state index is -0.985. The number of esters is 1. The van der Waals surface area contributed by atoms with Gasteiger partial charge in [0.1, 0.15) is 5.82 Å². The highest BCUT2D eigenvalue weighted by molar-refractivity contribution is 6.33. The summed E-state index contributed by atoms with van der Waals surface area (Å²) in [7, 11) is 0. The van der Waals surface area contributed by atoms with E-state index in [0.717, 1.165) is 0 Å². The van der Waals surface area contributed by atoms with Crippen LogP contribution in [0.4, 0.5) is 9.18 Å². The second-order valence-corrected chi connectivity index (χ2v) is 9.70. The molecule has 2 heterocycles. The van der Waals surface area contributed by atoms with Gasteiger partial charge in [0.25, 0.3) is 5.91 Å². The van der Waals surface area contributed by atoms with Crippen molar-refractivity contribution < 1.29 is 23.5 Å². The summed E-state index contributed by atoms with van der Waals surface area (Å²) in [5.74, 6) is -1.26. The molecule has 1 saturated heterocycles. The number of piperazine rings is 1. The molecular formula is C28H32ClFN4O4. The third kappa shape index (κ3) is 5.54. The molecule has 38 heavy (non-hydrogen) atoms. The van der Waals surface area contributed by atoms with Crippen molar-refractivity contribution in [2.24, 2.45) is 0 Å². The van der Waals surface area contributed by atoms with Gasteiger partial charge in [0.2, 0.25) is 0 Å². The molecule has 2 atom stereocenters. The molecule has 8 nitrogen and oxygen atoms in total. The zero-order chi connectivity index (χ0) is 27.4. The Labute approximate surface area is 227 Å². The summed E-state index contributed by atoms with van der Waals surface area (Å²) in [5.41, 5.74) is 1.33. The highest BCUT2D eigenvalue weighted by Gasteiger charge is 2.40. The molecule has 0 radical (unpaired) electrons. The summed E-state index contributed by atoms with van der Waals surface area (Å²) in [6, 6.07) is 11.5. The number of halogens is 2. The predicted molar refractivity (Wildman–Crippen MR) is 142 cm³/mol. The van der Waals surface area contributed by atoms with Crippen LogP contribution >= 0.6 is 11.6 Å². The fourth-order valence-corrected chi connectivity index (χ4v) is 5.30. The maximum absolute atomic E-state index is 14.8. The Morgan fingerprint density at radius 3 is 2.47 bits per heavy atom. The van der Waals surface area contributed by atoms with Gasteiger partial charge in [-0.25, -0.2) is 14.0 Å². The molecule has 202 valence electrons. The molecular weight excluding hydrogens is 511 g/mol. The lowest BCUT2D eigenvalue weighted by Gasteiger charge is -2.43. The van der Waals surface area contributed by atoms with E-state index in [1.165, 1.54) is 11.0 Å². The Morgan fingerprint density at radius 2 is 1.82 bits per heavy atom. The molecule has 1 fully saturated rings. The number of likely N-dealkylation sites (N-methyl/N-ethyl adjacent to an activating group) is 1. The van der Waals surface area contributed by atoms with Crippen molar-refractivity contribution in [3.8, 4) is 0 Å². The SMILES string of the molecule is CCOC(=O)C1=C(CN2CCN(C(=O)c3ccccc3Cl)[C@@H](C)C2)N(CC)C(=O)N[C@H]1c1ccccc1F. The first-order valence-corrected chi connectivity index (χ1v) is 13.1. The number of amides is 3. The number of hydrogen-bond acceptors (Lipinski definition) is 5. The fourth-order valence-electron chi connectivity index (χ4n) is 5.08. The fraction of sp³-hybridized carbons (Fsp3) is 0.393. The van der Waals surface area contributed by atoms with Gasteiger partial charge in [-0.1, -0.05) is 41.9 Å². The van der Waals surface area contributed by atoms with Gasteiger partial charge in [-0.15, -0.1) is 0 Å². The number of nitrogens with zero attached hydrogens (tertiary/aromatic N) is 3. The molecule has 2 aliphatic rings. The molecule has 0 spiro atoms. The van der Waals surface area contributed by atoms with E-state index in [4.69, 9.17) is 16.3 Å². The van der Waals surface area contributed by atoms with Gasteiger partial charge in [-0.2, -0.15) is 0 Å².